The van der Waals surface area contributed by atoms with Gasteiger partial charge < -0.3 is 9.64 Å². The second-order valence-corrected chi connectivity index (χ2v) is 4.31. The predicted octanol–water partition coefficient (Wildman–Crippen LogP) is 0.682. The van der Waals surface area contributed by atoms with E-state index in [0.717, 1.165) is 17.0 Å². The summed E-state index contributed by atoms with van der Waals surface area (Å²) in [4.78, 5) is 24.2. The van der Waals surface area contributed by atoms with Gasteiger partial charge in [0.2, 0.25) is 5.91 Å². The van der Waals surface area contributed by atoms with Gasteiger partial charge in [0.15, 0.2) is 0 Å². The summed E-state index contributed by atoms with van der Waals surface area (Å²) in [7, 11) is 4.69. The third kappa shape index (κ3) is 3.67. The number of amides is 1. The molecule has 0 aromatic carbocycles. The minimum atomic E-state index is -0.446. The largest absolute Gasteiger partial charge is 0.468 e. The zero-order valence-electron chi connectivity index (χ0n) is 11.9. The Morgan fingerprint density at radius 2 is 2.05 bits per heavy atom. The summed E-state index contributed by atoms with van der Waals surface area (Å²) in [6.45, 7) is 3.75. The molecule has 0 fully saturated rings. The third-order valence-electron chi connectivity index (χ3n) is 2.93. The van der Waals surface area contributed by atoms with Crippen molar-refractivity contribution in [1.82, 2.24) is 14.7 Å². The Morgan fingerprint density at radius 1 is 1.42 bits per heavy atom. The summed E-state index contributed by atoms with van der Waals surface area (Å²) in [6.07, 6.45) is 3.15. The molecule has 1 heterocycles. The molecule has 1 amide bonds. The molecule has 6 heteroatoms. The van der Waals surface area contributed by atoms with Crippen molar-refractivity contribution in [2.24, 2.45) is 7.05 Å². The minimum absolute atomic E-state index is 0.0648. The zero-order chi connectivity index (χ0) is 14.6. The number of hydrogen-bond acceptors (Lipinski definition) is 4. The SMILES string of the molecule is COC(=O)CN(C)C(=O)/C=C/c1c(C)nn(C)c1C. The molecule has 0 saturated carbocycles. The Morgan fingerprint density at radius 3 is 2.53 bits per heavy atom. The highest BCUT2D eigenvalue weighted by Gasteiger charge is 2.11. The molecule has 0 bridgehead atoms. The Labute approximate surface area is 112 Å². The molecule has 0 atom stereocenters. The fourth-order valence-corrected chi connectivity index (χ4v) is 1.65. The minimum Gasteiger partial charge on any atom is -0.468 e. The van der Waals surface area contributed by atoms with Crippen LogP contribution in [0.15, 0.2) is 6.08 Å². The molecule has 1 aromatic heterocycles. The number of aryl methyl sites for hydroxylation is 2. The lowest BCUT2D eigenvalue weighted by Gasteiger charge is -2.12. The Balaban J connectivity index is 2.76. The molecule has 0 aliphatic carbocycles. The first-order valence-corrected chi connectivity index (χ1v) is 5.87. The number of rotatable bonds is 4. The van der Waals surface area contributed by atoms with Gasteiger partial charge in [-0.25, -0.2) is 0 Å². The van der Waals surface area contributed by atoms with Crippen LogP contribution in [-0.4, -0.2) is 47.3 Å². The van der Waals surface area contributed by atoms with Gasteiger partial charge in [0.25, 0.3) is 0 Å². The number of carbonyl (C=O) groups excluding carboxylic acids is 2. The standard InChI is InChI=1S/C13H19N3O3/c1-9-11(10(2)16(4)14-9)6-7-12(17)15(3)8-13(18)19-5/h6-7H,8H2,1-5H3/b7-6+. The first kappa shape index (κ1) is 14.9. The van der Waals surface area contributed by atoms with Crippen molar-refractivity contribution < 1.29 is 14.3 Å². The van der Waals surface area contributed by atoms with Crippen molar-refractivity contribution in [3.8, 4) is 0 Å². The monoisotopic (exact) mass is 265 g/mol. The van der Waals surface area contributed by atoms with Crippen molar-refractivity contribution in [3.63, 3.8) is 0 Å². The van der Waals surface area contributed by atoms with Crippen LogP contribution in [0.4, 0.5) is 0 Å². The van der Waals surface area contributed by atoms with Crippen LogP contribution < -0.4 is 0 Å². The van der Waals surface area contributed by atoms with Crippen LogP contribution in [0.25, 0.3) is 6.08 Å². The quantitative estimate of drug-likeness (QED) is 0.593. The number of methoxy groups -OCH3 is 1. The molecule has 0 saturated heterocycles. The van der Waals surface area contributed by atoms with E-state index in [1.54, 1.807) is 17.8 Å². The molecule has 0 unspecified atom stereocenters. The molecular weight excluding hydrogens is 246 g/mol. The van der Waals surface area contributed by atoms with E-state index in [1.165, 1.54) is 18.1 Å². The van der Waals surface area contributed by atoms with Crippen molar-refractivity contribution in [2.75, 3.05) is 20.7 Å². The second-order valence-electron chi connectivity index (χ2n) is 4.31. The van der Waals surface area contributed by atoms with Crippen molar-refractivity contribution in [3.05, 3.63) is 23.0 Å². The van der Waals surface area contributed by atoms with E-state index in [0.29, 0.717) is 0 Å². The number of carbonyl (C=O) groups is 2. The smallest absolute Gasteiger partial charge is 0.325 e. The fraction of sp³-hybridized carbons (Fsp3) is 0.462. The van der Waals surface area contributed by atoms with E-state index >= 15 is 0 Å². The molecule has 0 aliphatic heterocycles. The van der Waals surface area contributed by atoms with Crippen LogP contribution in [0.3, 0.4) is 0 Å². The second kappa shape index (κ2) is 6.17. The highest BCUT2D eigenvalue weighted by Crippen LogP contribution is 2.13. The van der Waals surface area contributed by atoms with Gasteiger partial charge in [-0.2, -0.15) is 5.10 Å². The van der Waals surface area contributed by atoms with Crippen LogP contribution >= 0.6 is 0 Å². The summed E-state index contributed by atoms with van der Waals surface area (Å²) < 4.78 is 6.27. The maximum absolute atomic E-state index is 11.8. The molecule has 1 rings (SSSR count). The summed E-state index contributed by atoms with van der Waals surface area (Å²) in [5.41, 5.74) is 2.76. The van der Waals surface area contributed by atoms with Gasteiger partial charge >= 0.3 is 5.97 Å². The van der Waals surface area contributed by atoms with E-state index in [-0.39, 0.29) is 12.5 Å². The van der Waals surface area contributed by atoms with Crippen LogP contribution in [0.1, 0.15) is 17.0 Å². The summed E-state index contributed by atoms with van der Waals surface area (Å²) in [5, 5.41) is 4.26. The third-order valence-corrected chi connectivity index (χ3v) is 2.93. The summed E-state index contributed by atoms with van der Waals surface area (Å²) >= 11 is 0. The number of likely N-dealkylation sites (N-methyl/N-ethyl adjacent to an activating group) is 1. The normalized spacial score (nSPS) is 10.8. The fourth-order valence-electron chi connectivity index (χ4n) is 1.65. The van der Waals surface area contributed by atoms with Gasteiger partial charge in [0.1, 0.15) is 6.54 Å². The lowest BCUT2D eigenvalue weighted by atomic mass is 10.2. The van der Waals surface area contributed by atoms with Crippen molar-refractivity contribution in [2.45, 2.75) is 13.8 Å². The maximum atomic E-state index is 11.8. The Bertz CT molecular complexity index is 517. The average molecular weight is 265 g/mol. The van der Waals surface area contributed by atoms with Gasteiger partial charge in [-0.1, -0.05) is 0 Å². The van der Waals surface area contributed by atoms with Crippen LogP contribution in [0.2, 0.25) is 0 Å². The number of hydrogen-bond donors (Lipinski definition) is 0. The number of aromatic nitrogens is 2. The van der Waals surface area contributed by atoms with Crippen molar-refractivity contribution in [1.29, 1.82) is 0 Å². The Hall–Kier alpha value is -2.11. The predicted molar refractivity (Wildman–Crippen MR) is 71.4 cm³/mol. The molecule has 0 N–H and O–H groups in total. The topological polar surface area (TPSA) is 64.4 Å². The lowest BCUT2D eigenvalue weighted by molar-refractivity contribution is -0.144. The highest BCUT2D eigenvalue weighted by molar-refractivity contribution is 5.93. The zero-order valence-corrected chi connectivity index (χ0v) is 11.9. The first-order chi connectivity index (χ1) is 8.86. The molecule has 6 nitrogen and oxygen atoms in total. The summed E-state index contributed by atoms with van der Waals surface area (Å²) in [5.74, 6) is -0.703. The van der Waals surface area contributed by atoms with Crippen LogP contribution in [0, 0.1) is 13.8 Å². The van der Waals surface area contributed by atoms with E-state index < -0.39 is 5.97 Å². The molecule has 0 spiro atoms. The van der Waals surface area contributed by atoms with Crippen LogP contribution in [-0.2, 0) is 21.4 Å². The van der Waals surface area contributed by atoms with Gasteiger partial charge in [0.05, 0.1) is 12.8 Å². The Kier molecular flexibility index (Phi) is 4.86. The van der Waals surface area contributed by atoms with E-state index in [9.17, 15) is 9.59 Å². The van der Waals surface area contributed by atoms with Gasteiger partial charge in [-0.05, 0) is 19.9 Å². The number of ether oxygens (including phenoxy) is 1. The van der Waals surface area contributed by atoms with Crippen LogP contribution in [0.5, 0.6) is 0 Å². The lowest BCUT2D eigenvalue weighted by Crippen LogP contribution is -2.31. The first-order valence-electron chi connectivity index (χ1n) is 5.87. The molecule has 0 aliphatic rings. The molecule has 104 valence electrons. The molecule has 19 heavy (non-hydrogen) atoms. The maximum Gasteiger partial charge on any atom is 0.325 e. The van der Waals surface area contributed by atoms with Crippen molar-refractivity contribution >= 4 is 18.0 Å². The van der Waals surface area contributed by atoms with E-state index in [2.05, 4.69) is 9.84 Å². The number of esters is 1. The van der Waals surface area contributed by atoms with E-state index in [1.807, 2.05) is 20.9 Å². The molecular formula is C13H19N3O3. The van der Waals surface area contributed by atoms with Gasteiger partial charge in [-0.3, -0.25) is 14.3 Å². The number of nitrogens with zero attached hydrogens (tertiary/aromatic N) is 3. The highest BCUT2D eigenvalue weighted by atomic mass is 16.5. The average Bonchev–Trinajstić information content (AvgIpc) is 2.60. The van der Waals surface area contributed by atoms with Gasteiger partial charge in [-0.15, -0.1) is 0 Å². The van der Waals surface area contributed by atoms with E-state index in [4.69, 9.17) is 0 Å². The molecule has 1 aromatic rings. The molecule has 0 radical (unpaired) electrons. The van der Waals surface area contributed by atoms with Gasteiger partial charge in [0, 0.05) is 31.4 Å². The summed E-state index contributed by atoms with van der Waals surface area (Å²) in [6, 6.07) is 0.